The van der Waals surface area contributed by atoms with E-state index in [1.807, 2.05) is 6.92 Å². The molecule has 1 aromatic heterocycles. The third kappa shape index (κ3) is 3.28. The number of aromatic nitrogens is 2. The lowest BCUT2D eigenvalue weighted by Crippen LogP contribution is -2.21. The van der Waals surface area contributed by atoms with Crippen LogP contribution in [0.2, 0.25) is 0 Å². The molecular formula is C15H16N2O4. The number of ether oxygens (including phenoxy) is 1. The van der Waals surface area contributed by atoms with Gasteiger partial charge in [0, 0.05) is 18.9 Å². The van der Waals surface area contributed by atoms with Gasteiger partial charge in [-0.2, -0.15) is 0 Å². The van der Waals surface area contributed by atoms with E-state index in [-0.39, 0.29) is 17.0 Å². The van der Waals surface area contributed by atoms with E-state index in [9.17, 15) is 9.59 Å². The average Bonchev–Trinajstić information content (AvgIpc) is 2.45. The molecule has 0 saturated carbocycles. The predicted octanol–water partition coefficient (Wildman–Crippen LogP) is 2.45. The first-order valence-electron chi connectivity index (χ1n) is 6.60. The van der Waals surface area contributed by atoms with E-state index in [1.165, 1.54) is 22.9 Å². The van der Waals surface area contributed by atoms with Crippen molar-refractivity contribution in [3.05, 3.63) is 52.1 Å². The van der Waals surface area contributed by atoms with Crippen molar-refractivity contribution < 1.29 is 14.6 Å². The minimum atomic E-state index is -1.05. The van der Waals surface area contributed by atoms with Gasteiger partial charge < -0.3 is 14.4 Å². The third-order valence-electron chi connectivity index (χ3n) is 2.99. The molecule has 1 aromatic carbocycles. The van der Waals surface area contributed by atoms with Crippen LogP contribution >= 0.6 is 0 Å². The second-order valence-corrected chi connectivity index (χ2v) is 4.62. The Morgan fingerprint density at radius 1 is 1.43 bits per heavy atom. The van der Waals surface area contributed by atoms with E-state index in [2.05, 4.69) is 4.98 Å². The van der Waals surface area contributed by atoms with Gasteiger partial charge in [-0.1, -0.05) is 13.0 Å². The predicted molar refractivity (Wildman–Crippen MR) is 77.0 cm³/mol. The van der Waals surface area contributed by atoms with Gasteiger partial charge in [-0.15, -0.1) is 0 Å². The van der Waals surface area contributed by atoms with Crippen molar-refractivity contribution in [2.75, 3.05) is 0 Å². The fraction of sp³-hybridized carbons (Fsp3) is 0.267. The minimum absolute atomic E-state index is 0.0587. The van der Waals surface area contributed by atoms with Gasteiger partial charge in [0.2, 0.25) is 0 Å². The topological polar surface area (TPSA) is 81.4 Å². The lowest BCUT2D eigenvalue weighted by molar-refractivity contribution is 0.0696. The van der Waals surface area contributed by atoms with Crippen molar-refractivity contribution in [2.45, 2.75) is 26.8 Å². The molecule has 21 heavy (non-hydrogen) atoms. The summed E-state index contributed by atoms with van der Waals surface area (Å²) in [6.07, 6.45) is 3.90. The second-order valence-electron chi connectivity index (χ2n) is 4.62. The van der Waals surface area contributed by atoms with Gasteiger partial charge in [-0.3, -0.25) is 4.79 Å². The highest BCUT2D eigenvalue weighted by Crippen LogP contribution is 2.23. The van der Waals surface area contributed by atoms with Crippen molar-refractivity contribution in [3.8, 4) is 11.6 Å². The van der Waals surface area contributed by atoms with Gasteiger partial charge >= 0.3 is 11.5 Å². The first-order chi connectivity index (χ1) is 10.0. The Balaban J connectivity index is 2.38. The van der Waals surface area contributed by atoms with E-state index in [0.29, 0.717) is 12.3 Å². The number of rotatable bonds is 5. The number of hydrogen-bond donors (Lipinski definition) is 1. The molecule has 0 bridgehead atoms. The Bertz CT molecular complexity index is 722. The summed E-state index contributed by atoms with van der Waals surface area (Å²) in [5, 5.41) is 9.00. The number of aryl methyl sites for hydroxylation is 2. The van der Waals surface area contributed by atoms with Crippen LogP contribution in [0.25, 0.3) is 0 Å². The van der Waals surface area contributed by atoms with E-state index in [4.69, 9.17) is 9.84 Å². The Hall–Kier alpha value is -2.63. The lowest BCUT2D eigenvalue weighted by atomic mass is 10.1. The number of carbonyl (C=O) groups is 1. The number of aromatic carboxylic acids is 1. The van der Waals surface area contributed by atoms with E-state index < -0.39 is 5.97 Å². The molecule has 0 atom stereocenters. The monoisotopic (exact) mass is 288 g/mol. The van der Waals surface area contributed by atoms with Crippen LogP contribution in [0.1, 0.15) is 29.3 Å². The average molecular weight is 288 g/mol. The van der Waals surface area contributed by atoms with Crippen LogP contribution in [-0.4, -0.2) is 20.6 Å². The van der Waals surface area contributed by atoms with Crippen molar-refractivity contribution in [1.29, 1.82) is 0 Å². The SMILES string of the molecule is CCCn1ccnc(Oc2cc(C(=O)O)ccc2C)c1=O. The highest BCUT2D eigenvalue weighted by atomic mass is 16.5. The molecule has 6 heteroatoms. The molecule has 0 aliphatic rings. The maximum atomic E-state index is 12.2. The first-order valence-corrected chi connectivity index (χ1v) is 6.60. The molecular weight excluding hydrogens is 272 g/mol. The fourth-order valence-electron chi connectivity index (χ4n) is 1.86. The smallest absolute Gasteiger partial charge is 0.335 e. The normalized spacial score (nSPS) is 10.4. The summed E-state index contributed by atoms with van der Waals surface area (Å²) < 4.78 is 7.02. The molecule has 2 aromatic rings. The van der Waals surface area contributed by atoms with Crippen LogP contribution in [0.4, 0.5) is 0 Å². The number of benzene rings is 1. The Morgan fingerprint density at radius 2 is 2.19 bits per heavy atom. The molecule has 0 radical (unpaired) electrons. The number of nitrogens with zero attached hydrogens (tertiary/aromatic N) is 2. The Kier molecular flexibility index (Phi) is 4.37. The van der Waals surface area contributed by atoms with E-state index in [0.717, 1.165) is 12.0 Å². The molecule has 1 heterocycles. The standard InChI is InChI=1S/C15H16N2O4/c1-3-7-17-8-6-16-13(14(17)18)21-12-9-11(15(19)20)5-4-10(12)2/h4-6,8-9H,3,7H2,1-2H3,(H,19,20). The zero-order valence-electron chi connectivity index (χ0n) is 11.9. The second kappa shape index (κ2) is 6.21. The van der Waals surface area contributed by atoms with Gasteiger partial charge in [0.05, 0.1) is 5.56 Å². The molecule has 0 unspecified atom stereocenters. The summed E-state index contributed by atoms with van der Waals surface area (Å²) in [6, 6.07) is 4.50. The molecule has 0 aliphatic heterocycles. The van der Waals surface area contributed by atoms with Gasteiger partial charge in [0.15, 0.2) is 0 Å². The maximum Gasteiger partial charge on any atom is 0.335 e. The number of carboxylic acids is 1. The molecule has 0 aliphatic carbocycles. The summed E-state index contributed by atoms with van der Waals surface area (Å²) in [5.74, 6) is -0.797. The van der Waals surface area contributed by atoms with E-state index >= 15 is 0 Å². The fourth-order valence-corrected chi connectivity index (χ4v) is 1.86. The zero-order chi connectivity index (χ0) is 15.4. The quantitative estimate of drug-likeness (QED) is 0.914. The molecule has 6 nitrogen and oxygen atoms in total. The molecule has 0 spiro atoms. The van der Waals surface area contributed by atoms with Crippen LogP contribution in [0.15, 0.2) is 35.4 Å². The van der Waals surface area contributed by atoms with Crippen LogP contribution in [0.5, 0.6) is 11.6 Å². The van der Waals surface area contributed by atoms with Gasteiger partial charge in [0.25, 0.3) is 5.88 Å². The van der Waals surface area contributed by atoms with Crippen LogP contribution in [0.3, 0.4) is 0 Å². The summed E-state index contributed by atoms with van der Waals surface area (Å²) in [7, 11) is 0. The highest BCUT2D eigenvalue weighted by molar-refractivity contribution is 5.88. The van der Waals surface area contributed by atoms with E-state index in [1.54, 1.807) is 19.2 Å². The lowest BCUT2D eigenvalue weighted by Gasteiger charge is -2.10. The maximum absolute atomic E-state index is 12.2. The molecule has 0 fully saturated rings. The van der Waals surface area contributed by atoms with Gasteiger partial charge in [-0.25, -0.2) is 9.78 Å². The first kappa shape index (κ1) is 14.8. The highest BCUT2D eigenvalue weighted by Gasteiger charge is 2.11. The number of carboxylic acid groups (broad SMARTS) is 1. The zero-order valence-corrected chi connectivity index (χ0v) is 11.9. The molecule has 110 valence electrons. The Labute approximate surface area is 121 Å². The van der Waals surface area contributed by atoms with Crippen molar-refractivity contribution in [3.63, 3.8) is 0 Å². The van der Waals surface area contributed by atoms with Crippen LogP contribution in [-0.2, 0) is 6.54 Å². The van der Waals surface area contributed by atoms with Crippen molar-refractivity contribution in [2.24, 2.45) is 0 Å². The molecule has 0 saturated heterocycles. The van der Waals surface area contributed by atoms with Crippen LogP contribution < -0.4 is 10.3 Å². The Morgan fingerprint density at radius 3 is 2.86 bits per heavy atom. The van der Waals surface area contributed by atoms with Crippen LogP contribution in [0, 0.1) is 6.92 Å². The largest absolute Gasteiger partial charge is 0.478 e. The van der Waals surface area contributed by atoms with Gasteiger partial charge in [0.1, 0.15) is 5.75 Å². The molecule has 0 amide bonds. The number of hydrogen-bond acceptors (Lipinski definition) is 4. The van der Waals surface area contributed by atoms with Crippen molar-refractivity contribution >= 4 is 5.97 Å². The summed E-state index contributed by atoms with van der Waals surface area (Å²) in [4.78, 5) is 27.1. The van der Waals surface area contributed by atoms with Gasteiger partial charge in [-0.05, 0) is 31.0 Å². The summed E-state index contributed by atoms with van der Waals surface area (Å²) >= 11 is 0. The summed E-state index contributed by atoms with van der Waals surface area (Å²) in [6.45, 7) is 4.31. The molecule has 1 N–H and O–H groups in total. The summed E-state index contributed by atoms with van der Waals surface area (Å²) in [5.41, 5.74) is 0.493. The van der Waals surface area contributed by atoms with Crippen molar-refractivity contribution in [1.82, 2.24) is 9.55 Å². The third-order valence-corrected chi connectivity index (χ3v) is 2.99. The molecule has 2 rings (SSSR count). The minimum Gasteiger partial charge on any atom is -0.478 e.